The smallest absolute Gasteiger partial charge is 0.164 e. The molecule has 0 aliphatic rings. The van der Waals surface area contributed by atoms with Crippen LogP contribution in [-0.2, 0) is 5.88 Å². The molecule has 2 aromatic heterocycles. The van der Waals surface area contributed by atoms with Gasteiger partial charge < -0.3 is 0 Å². The first-order valence-corrected chi connectivity index (χ1v) is 6.87. The lowest BCUT2D eigenvalue weighted by atomic mass is 10.3. The molecule has 0 radical (unpaired) electrons. The molecule has 0 aliphatic heterocycles. The van der Waals surface area contributed by atoms with E-state index in [1.165, 1.54) is 6.07 Å². The third kappa shape index (κ3) is 2.05. The summed E-state index contributed by atoms with van der Waals surface area (Å²) in [5.74, 6) is 0.206. The van der Waals surface area contributed by atoms with Crippen molar-refractivity contribution in [1.82, 2.24) is 14.5 Å². The van der Waals surface area contributed by atoms with Crippen LogP contribution in [0.15, 0.2) is 30.5 Å². The zero-order chi connectivity index (χ0) is 14.3. The van der Waals surface area contributed by atoms with Crippen LogP contribution in [0.25, 0.3) is 16.9 Å². The average molecular weight is 310 g/mol. The van der Waals surface area contributed by atoms with Crippen molar-refractivity contribution in [1.29, 1.82) is 0 Å². The fourth-order valence-corrected chi connectivity index (χ4v) is 2.57. The Labute approximate surface area is 125 Å². The van der Waals surface area contributed by atoms with Crippen LogP contribution in [0.1, 0.15) is 11.4 Å². The molecule has 3 aromatic rings. The van der Waals surface area contributed by atoms with Gasteiger partial charge in [-0.1, -0.05) is 17.7 Å². The second kappa shape index (κ2) is 5.04. The number of hydrogen-bond donors (Lipinski definition) is 0. The molecule has 6 heteroatoms. The summed E-state index contributed by atoms with van der Waals surface area (Å²) >= 11 is 12.0. The Balaban J connectivity index is 2.40. The fraction of sp³-hybridized carbons (Fsp3) is 0.143. The van der Waals surface area contributed by atoms with Crippen LogP contribution in [0, 0.1) is 12.7 Å². The van der Waals surface area contributed by atoms with Gasteiger partial charge in [-0.3, -0.25) is 4.57 Å². The predicted molar refractivity (Wildman–Crippen MR) is 78.1 cm³/mol. The summed E-state index contributed by atoms with van der Waals surface area (Å²) in [5, 5.41) is 0.290. The Hall–Kier alpha value is -1.65. The molecule has 0 N–H and O–H groups in total. The molecule has 0 spiro atoms. The highest BCUT2D eigenvalue weighted by molar-refractivity contribution is 6.32. The highest BCUT2D eigenvalue weighted by Crippen LogP contribution is 2.29. The van der Waals surface area contributed by atoms with Crippen LogP contribution in [0.5, 0.6) is 0 Å². The summed E-state index contributed by atoms with van der Waals surface area (Å²) in [6.45, 7) is 1.92. The predicted octanol–water partition coefficient (Wildman–Crippen LogP) is 4.26. The van der Waals surface area contributed by atoms with Crippen LogP contribution >= 0.6 is 23.2 Å². The van der Waals surface area contributed by atoms with Gasteiger partial charge in [0.05, 0.1) is 10.9 Å². The first-order chi connectivity index (χ1) is 9.61. The number of halogens is 3. The van der Waals surface area contributed by atoms with Gasteiger partial charge in [0.15, 0.2) is 5.65 Å². The van der Waals surface area contributed by atoms with Gasteiger partial charge in [-0.15, -0.1) is 11.6 Å². The van der Waals surface area contributed by atoms with Crippen molar-refractivity contribution in [3.8, 4) is 5.69 Å². The third-order valence-electron chi connectivity index (χ3n) is 2.98. The van der Waals surface area contributed by atoms with Gasteiger partial charge in [0.25, 0.3) is 0 Å². The molecule has 0 aliphatic carbocycles. The van der Waals surface area contributed by atoms with E-state index in [9.17, 15) is 4.39 Å². The van der Waals surface area contributed by atoms with Gasteiger partial charge in [-0.25, -0.2) is 14.4 Å². The molecule has 0 fully saturated rings. The van der Waals surface area contributed by atoms with Crippen LogP contribution in [0.2, 0.25) is 5.02 Å². The van der Waals surface area contributed by atoms with E-state index in [2.05, 4.69) is 9.97 Å². The number of nitrogens with zero attached hydrogens (tertiary/aromatic N) is 3. The Morgan fingerprint density at radius 1 is 1.35 bits per heavy atom. The van der Waals surface area contributed by atoms with Gasteiger partial charge in [0, 0.05) is 6.20 Å². The molecule has 0 unspecified atom stereocenters. The quantitative estimate of drug-likeness (QED) is 0.662. The summed E-state index contributed by atoms with van der Waals surface area (Å²) in [6.07, 6.45) is 1.70. The summed E-state index contributed by atoms with van der Waals surface area (Å²) < 4.78 is 15.7. The molecule has 2 heterocycles. The molecule has 0 bridgehead atoms. The van der Waals surface area contributed by atoms with Crippen molar-refractivity contribution in [3.05, 3.63) is 52.7 Å². The number of hydrogen-bond acceptors (Lipinski definition) is 2. The van der Waals surface area contributed by atoms with Crippen LogP contribution in [0.3, 0.4) is 0 Å². The SMILES string of the molecule is Cc1cnc2c(c1)nc(CCl)n2-c1c(F)cccc1Cl. The molecular weight excluding hydrogens is 300 g/mol. The number of para-hydroxylation sites is 1. The fourth-order valence-electron chi connectivity index (χ4n) is 2.14. The molecule has 0 amide bonds. The summed E-state index contributed by atoms with van der Waals surface area (Å²) in [7, 11) is 0. The van der Waals surface area contributed by atoms with Gasteiger partial charge in [0.1, 0.15) is 22.8 Å². The topological polar surface area (TPSA) is 30.7 Å². The second-order valence-electron chi connectivity index (χ2n) is 4.42. The number of aromatic nitrogens is 3. The number of pyridine rings is 1. The van der Waals surface area contributed by atoms with E-state index >= 15 is 0 Å². The lowest BCUT2D eigenvalue weighted by Crippen LogP contribution is -2.04. The van der Waals surface area contributed by atoms with Crippen molar-refractivity contribution in [2.75, 3.05) is 0 Å². The largest absolute Gasteiger partial charge is 0.275 e. The Bertz CT molecular complexity index is 778. The maximum atomic E-state index is 14.1. The van der Waals surface area contributed by atoms with Crippen molar-refractivity contribution in [3.63, 3.8) is 0 Å². The zero-order valence-electron chi connectivity index (χ0n) is 10.6. The van der Waals surface area contributed by atoms with E-state index in [1.54, 1.807) is 22.9 Å². The number of aryl methyl sites for hydroxylation is 1. The minimum atomic E-state index is -0.439. The van der Waals surface area contributed by atoms with Gasteiger partial charge in [-0.2, -0.15) is 0 Å². The minimum absolute atomic E-state index is 0.139. The number of benzene rings is 1. The highest BCUT2D eigenvalue weighted by Gasteiger charge is 2.18. The highest BCUT2D eigenvalue weighted by atomic mass is 35.5. The van der Waals surface area contributed by atoms with Gasteiger partial charge in [-0.05, 0) is 30.7 Å². The molecule has 0 saturated heterocycles. The number of imidazole rings is 1. The summed E-state index contributed by atoms with van der Waals surface area (Å²) in [4.78, 5) is 8.72. The molecule has 0 atom stereocenters. The molecule has 20 heavy (non-hydrogen) atoms. The molecule has 3 nitrogen and oxygen atoms in total. The second-order valence-corrected chi connectivity index (χ2v) is 5.10. The van der Waals surface area contributed by atoms with Crippen molar-refractivity contribution in [2.24, 2.45) is 0 Å². The van der Waals surface area contributed by atoms with E-state index in [4.69, 9.17) is 23.2 Å². The van der Waals surface area contributed by atoms with E-state index < -0.39 is 5.82 Å². The standard InChI is InChI=1S/C14H10Cl2FN3/c1-8-5-11-14(18-7-8)20(12(6-15)19-11)13-9(16)3-2-4-10(13)17/h2-5,7H,6H2,1H3. The first kappa shape index (κ1) is 13.3. The number of rotatable bonds is 2. The molecule has 1 aromatic carbocycles. The lowest BCUT2D eigenvalue weighted by Gasteiger charge is -2.10. The van der Waals surface area contributed by atoms with Crippen molar-refractivity contribution in [2.45, 2.75) is 12.8 Å². The summed E-state index contributed by atoms with van der Waals surface area (Å²) in [5.41, 5.74) is 2.41. The van der Waals surface area contributed by atoms with E-state index in [0.29, 0.717) is 17.0 Å². The zero-order valence-corrected chi connectivity index (χ0v) is 12.1. The van der Waals surface area contributed by atoms with Crippen LogP contribution in [0.4, 0.5) is 4.39 Å². The van der Waals surface area contributed by atoms with Crippen molar-refractivity contribution >= 4 is 34.4 Å². The van der Waals surface area contributed by atoms with E-state index in [1.807, 2.05) is 13.0 Å². The van der Waals surface area contributed by atoms with Gasteiger partial charge in [0.2, 0.25) is 0 Å². The summed E-state index contributed by atoms with van der Waals surface area (Å²) in [6, 6.07) is 6.40. The Morgan fingerprint density at radius 3 is 2.85 bits per heavy atom. The normalized spacial score (nSPS) is 11.2. The van der Waals surface area contributed by atoms with E-state index in [-0.39, 0.29) is 16.6 Å². The van der Waals surface area contributed by atoms with Crippen LogP contribution in [-0.4, -0.2) is 14.5 Å². The maximum absolute atomic E-state index is 14.1. The van der Waals surface area contributed by atoms with Crippen molar-refractivity contribution < 1.29 is 4.39 Å². The third-order valence-corrected chi connectivity index (χ3v) is 3.53. The number of alkyl halides is 1. The molecule has 3 rings (SSSR count). The van der Waals surface area contributed by atoms with Gasteiger partial charge >= 0.3 is 0 Å². The maximum Gasteiger partial charge on any atom is 0.164 e. The van der Waals surface area contributed by atoms with Crippen LogP contribution < -0.4 is 0 Å². The molecule has 0 saturated carbocycles. The minimum Gasteiger partial charge on any atom is -0.275 e. The monoisotopic (exact) mass is 309 g/mol. The first-order valence-electron chi connectivity index (χ1n) is 5.96. The lowest BCUT2D eigenvalue weighted by molar-refractivity contribution is 0.617. The number of fused-ring (bicyclic) bond motifs is 1. The Kier molecular flexibility index (Phi) is 3.36. The average Bonchev–Trinajstić information content (AvgIpc) is 2.76. The van der Waals surface area contributed by atoms with E-state index in [0.717, 1.165) is 5.56 Å². The molecular formula is C14H10Cl2FN3. The molecule has 102 valence electrons. The Morgan fingerprint density at radius 2 is 2.15 bits per heavy atom.